The van der Waals surface area contributed by atoms with Gasteiger partial charge in [0.25, 0.3) is 0 Å². The van der Waals surface area contributed by atoms with Crippen LogP contribution in [0.1, 0.15) is 0 Å². The zero-order chi connectivity index (χ0) is 16.5. The summed E-state index contributed by atoms with van der Waals surface area (Å²) in [5.74, 6) is 1.35. The lowest BCUT2D eigenvalue weighted by molar-refractivity contribution is 0.596. The monoisotopic (exact) mass is 372 g/mol. The van der Waals surface area contributed by atoms with E-state index in [-0.39, 0.29) is 0 Å². The third-order valence-corrected chi connectivity index (χ3v) is 5.12. The maximum atomic E-state index is 6.22. The smallest absolute Gasteiger partial charge is 0.183 e. The molecular weight excluding hydrogens is 363 g/mol. The molecule has 0 saturated carbocycles. The molecule has 0 saturated heterocycles. The molecule has 0 bridgehead atoms. The van der Waals surface area contributed by atoms with Gasteiger partial charge >= 0.3 is 0 Å². The normalized spacial score (nSPS) is 10.9. The fourth-order valence-corrected chi connectivity index (χ4v) is 3.68. The summed E-state index contributed by atoms with van der Waals surface area (Å²) < 4.78 is 5.91. The van der Waals surface area contributed by atoms with Crippen LogP contribution >= 0.6 is 34.5 Å². The summed E-state index contributed by atoms with van der Waals surface area (Å²) in [7, 11) is 0. The minimum absolute atomic E-state index is 0.646. The minimum atomic E-state index is 0.646. The molecule has 0 aliphatic carbocycles. The molecule has 4 rings (SSSR count). The zero-order valence-electron chi connectivity index (χ0n) is 12.2. The first-order chi connectivity index (χ1) is 11.7. The van der Waals surface area contributed by atoms with Crippen molar-refractivity contribution in [2.45, 2.75) is 0 Å². The van der Waals surface area contributed by atoms with E-state index < -0.39 is 0 Å². The first-order valence-corrected chi connectivity index (χ1v) is 8.73. The van der Waals surface area contributed by atoms with Gasteiger partial charge in [-0.05, 0) is 30.3 Å². The third-order valence-electron chi connectivity index (χ3n) is 3.49. The van der Waals surface area contributed by atoms with Gasteiger partial charge in [0.1, 0.15) is 10.8 Å². The average Bonchev–Trinajstić information content (AvgIpc) is 3.25. The molecule has 0 aliphatic rings. The van der Waals surface area contributed by atoms with Crippen LogP contribution < -0.4 is 0 Å². The van der Waals surface area contributed by atoms with Gasteiger partial charge < -0.3 is 4.42 Å². The van der Waals surface area contributed by atoms with Crippen molar-refractivity contribution in [3.8, 4) is 32.7 Å². The van der Waals surface area contributed by atoms with Crippen molar-refractivity contribution in [1.29, 1.82) is 0 Å². The standard InChI is InChI=1S/C18H10Cl2N2OS/c19-13-7-3-1-5-11(13)15-9-10-16(23-15)18-22-21-17(24-18)12-6-2-4-8-14(12)20/h1-10H. The minimum Gasteiger partial charge on any atom is -0.453 e. The molecule has 0 atom stereocenters. The second kappa shape index (κ2) is 6.40. The Labute approximate surface area is 152 Å². The lowest BCUT2D eigenvalue weighted by atomic mass is 10.2. The van der Waals surface area contributed by atoms with Crippen LogP contribution in [0.4, 0.5) is 0 Å². The summed E-state index contributed by atoms with van der Waals surface area (Å²) in [6.07, 6.45) is 0. The van der Waals surface area contributed by atoms with Gasteiger partial charge in [-0.2, -0.15) is 0 Å². The summed E-state index contributed by atoms with van der Waals surface area (Å²) in [4.78, 5) is 0. The van der Waals surface area contributed by atoms with Crippen LogP contribution in [-0.2, 0) is 0 Å². The largest absolute Gasteiger partial charge is 0.453 e. The number of hydrogen-bond donors (Lipinski definition) is 0. The highest BCUT2D eigenvalue weighted by Gasteiger charge is 2.15. The molecule has 24 heavy (non-hydrogen) atoms. The van der Waals surface area contributed by atoms with Crippen LogP contribution in [0.2, 0.25) is 10.0 Å². The van der Waals surface area contributed by atoms with Crippen molar-refractivity contribution in [1.82, 2.24) is 10.2 Å². The fraction of sp³-hybridized carbons (Fsp3) is 0. The number of benzene rings is 2. The Morgan fingerprint density at radius 3 is 1.96 bits per heavy atom. The summed E-state index contributed by atoms with van der Waals surface area (Å²) >= 11 is 13.9. The van der Waals surface area contributed by atoms with E-state index in [9.17, 15) is 0 Å². The predicted octanol–water partition coefficient (Wildman–Crippen LogP) is 6.44. The lowest BCUT2D eigenvalue weighted by Crippen LogP contribution is -1.77. The summed E-state index contributed by atoms with van der Waals surface area (Å²) in [5, 5.41) is 11.2. The van der Waals surface area contributed by atoms with Crippen molar-refractivity contribution < 1.29 is 4.42 Å². The maximum absolute atomic E-state index is 6.22. The van der Waals surface area contributed by atoms with Crippen LogP contribution in [0.3, 0.4) is 0 Å². The molecule has 4 aromatic rings. The highest BCUT2D eigenvalue weighted by Crippen LogP contribution is 2.36. The molecule has 2 aromatic heterocycles. The van der Waals surface area contributed by atoms with Crippen LogP contribution in [0.15, 0.2) is 65.1 Å². The van der Waals surface area contributed by atoms with E-state index in [1.807, 2.05) is 60.7 Å². The van der Waals surface area contributed by atoms with Gasteiger partial charge in [-0.3, -0.25) is 0 Å². The molecule has 0 N–H and O–H groups in total. The second-order valence-corrected chi connectivity index (χ2v) is 6.83. The van der Waals surface area contributed by atoms with Gasteiger partial charge in [0, 0.05) is 11.1 Å². The molecule has 0 spiro atoms. The van der Waals surface area contributed by atoms with Gasteiger partial charge in [-0.25, -0.2) is 0 Å². The van der Waals surface area contributed by atoms with Crippen molar-refractivity contribution in [3.63, 3.8) is 0 Å². The molecule has 0 radical (unpaired) electrons. The molecular formula is C18H10Cl2N2OS. The summed E-state index contributed by atoms with van der Waals surface area (Å²) in [5.41, 5.74) is 1.71. The van der Waals surface area contributed by atoms with Crippen molar-refractivity contribution in [3.05, 3.63) is 70.7 Å². The van der Waals surface area contributed by atoms with Gasteiger partial charge in [0.15, 0.2) is 10.8 Å². The first kappa shape index (κ1) is 15.4. The van der Waals surface area contributed by atoms with Gasteiger partial charge in [-0.1, -0.05) is 64.9 Å². The van der Waals surface area contributed by atoms with Crippen LogP contribution in [0.5, 0.6) is 0 Å². The molecule has 0 unspecified atom stereocenters. The van der Waals surface area contributed by atoms with E-state index in [1.54, 1.807) is 0 Å². The number of aromatic nitrogens is 2. The van der Waals surface area contributed by atoms with Crippen molar-refractivity contribution in [2.24, 2.45) is 0 Å². The summed E-state index contributed by atoms with van der Waals surface area (Å²) in [6, 6.07) is 18.9. The number of halogens is 2. The topological polar surface area (TPSA) is 38.9 Å². The predicted molar refractivity (Wildman–Crippen MR) is 98.5 cm³/mol. The average molecular weight is 373 g/mol. The number of nitrogens with zero attached hydrogens (tertiary/aromatic N) is 2. The highest BCUT2D eigenvalue weighted by atomic mass is 35.5. The van der Waals surface area contributed by atoms with Crippen molar-refractivity contribution >= 4 is 34.5 Å². The summed E-state index contributed by atoms with van der Waals surface area (Å²) in [6.45, 7) is 0. The Kier molecular flexibility index (Phi) is 4.10. The Bertz CT molecular complexity index is 928. The van der Waals surface area contributed by atoms with Gasteiger partial charge in [0.05, 0.1) is 10.0 Å². The van der Waals surface area contributed by atoms with E-state index in [4.69, 9.17) is 27.6 Å². The molecule has 3 nitrogen and oxygen atoms in total. The highest BCUT2D eigenvalue weighted by molar-refractivity contribution is 7.17. The Morgan fingerprint density at radius 1 is 0.667 bits per heavy atom. The van der Waals surface area contributed by atoms with E-state index in [2.05, 4.69) is 10.2 Å². The van der Waals surface area contributed by atoms with Gasteiger partial charge in [0.2, 0.25) is 0 Å². The zero-order valence-corrected chi connectivity index (χ0v) is 14.6. The van der Waals surface area contributed by atoms with E-state index in [0.29, 0.717) is 26.6 Å². The maximum Gasteiger partial charge on any atom is 0.183 e. The second-order valence-electron chi connectivity index (χ2n) is 5.04. The van der Waals surface area contributed by atoms with E-state index >= 15 is 0 Å². The number of hydrogen-bond acceptors (Lipinski definition) is 4. The number of rotatable bonds is 3. The Hall–Kier alpha value is -2.14. The Balaban J connectivity index is 1.69. The van der Waals surface area contributed by atoms with Crippen LogP contribution in [0, 0.1) is 0 Å². The molecule has 0 aliphatic heterocycles. The molecule has 0 amide bonds. The number of furan rings is 1. The SMILES string of the molecule is Clc1ccccc1-c1ccc(-c2nnc(-c3ccccc3Cl)s2)o1. The van der Waals surface area contributed by atoms with E-state index in [0.717, 1.165) is 16.1 Å². The van der Waals surface area contributed by atoms with Crippen molar-refractivity contribution in [2.75, 3.05) is 0 Å². The molecule has 2 heterocycles. The molecule has 0 fully saturated rings. The van der Waals surface area contributed by atoms with E-state index in [1.165, 1.54) is 11.3 Å². The van der Waals surface area contributed by atoms with Crippen LogP contribution in [-0.4, -0.2) is 10.2 Å². The Morgan fingerprint density at radius 2 is 1.25 bits per heavy atom. The third kappa shape index (κ3) is 2.84. The molecule has 2 aromatic carbocycles. The lowest BCUT2D eigenvalue weighted by Gasteiger charge is -1.99. The molecule has 6 heteroatoms. The molecule has 118 valence electrons. The van der Waals surface area contributed by atoms with Crippen LogP contribution in [0.25, 0.3) is 32.7 Å². The fourth-order valence-electron chi connectivity index (χ4n) is 2.32. The quantitative estimate of drug-likeness (QED) is 0.415. The first-order valence-electron chi connectivity index (χ1n) is 7.16. The van der Waals surface area contributed by atoms with Gasteiger partial charge in [-0.15, -0.1) is 10.2 Å².